The summed E-state index contributed by atoms with van der Waals surface area (Å²) in [6, 6.07) is 0.252. The molecule has 1 saturated heterocycles. The Kier molecular flexibility index (Phi) is 4.73. The SMILES string of the molecule is CC(C)Oc1nc(N)nc(NCCC2CCCO2)n1. The monoisotopic (exact) mass is 267 g/mol. The van der Waals surface area contributed by atoms with Crippen molar-refractivity contribution in [2.24, 2.45) is 0 Å². The molecule has 0 spiro atoms. The number of nitrogens with two attached hydrogens (primary N) is 1. The van der Waals surface area contributed by atoms with Crippen LogP contribution in [0.5, 0.6) is 6.01 Å². The number of nitrogen functional groups attached to an aromatic ring is 1. The van der Waals surface area contributed by atoms with Crippen molar-refractivity contribution >= 4 is 11.9 Å². The largest absolute Gasteiger partial charge is 0.461 e. The summed E-state index contributed by atoms with van der Waals surface area (Å²) in [7, 11) is 0. The second kappa shape index (κ2) is 6.51. The van der Waals surface area contributed by atoms with Crippen LogP contribution in [0.2, 0.25) is 0 Å². The number of aromatic nitrogens is 3. The molecule has 0 aromatic carbocycles. The van der Waals surface area contributed by atoms with E-state index in [1.165, 1.54) is 0 Å². The first-order valence-electron chi connectivity index (χ1n) is 6.67. The molecule has 2 rings (SSSR count). The average Bonchev–Trinajstić information content (AvgIpc) is 2.80. The van der Waals surface area contributed by atoms with Crippen molar-refractivity contribution < 1.29 is 9.47 Å². The van der Waals surface area contributed by atoms with Crippen molar-refractivity contribution in [3.05, 3.63) is 0 Å². The highest BCUT2D eigenvalue weighted by Gasteiger charge is 2.15. The summed E-state index contributed by atoms with van der Waals surface area (Å²) in [5.41, 5.74) is 5.62. The lowest BCUT2D eigenvalue weighted by atomic mass is 10.2. The Labute approximate surface area is 112 Å². The van der Waals surface area contributed by atoms with Gasteiger partial charge < -0.3 is 20.5 Å². The minimum Gasteiger partial charge on any atom is -0.461 e. The van der Waals surface area contributed by atoms with Gasteiger partial charge in [0.25, 0.3) is 0 Å². The van der Waals surface area contributed by atoms with E-state index in [9.17, 15) is 0 Å². The highest BCUT2D eigenvalue weighted by atomic mass is 16.5. The Hall–Kier alpha value is -1.63. The summed E-state index contributed by atoms with van der Waals surface area (Å²) in [4.78, 5) is 12.1. The smallest absolute Gasteiger partial charge is 0.323 e. The second-order valence-corrected chi connectivity index (χ2v) is 4.82. The van der Waals surface area contributed by atoms with Gasteiger partial charge in [-0.15, -0.1) is 0 Å². The minimum atomic E-state index is 0.00142. The topological polar surface area (TPSA) is 95.2 Å². The molecule has 106 valence electrons. The maximum Gasteiger partial charge on any atom is 0.323 e. The predicted molar refractivity (Wildman–Crippen MR) is 72.1 cm³/mol. The van der Waals surface area contributed by atoms with Crippen molar-refractivity contribution in [3.8, 4) is 6.01 Å². The number of hydrogen-bond acceptors (Lipinski definition) is 7. The number of rotatable bonds is 6. The van der Waals surface area contributed by atoms with Crippen LogP contribution in [0.1, 0.15) is 33.1 Å². The van der Waals surface area contributed by atoms with Crippen LogP contribution in [0, 0.1) is 0 Å². The lowest BCUT2D eigenvalue weighted by Gasteiger charge is -2.11. The number of hydrogen-bond donors (Lipinski definition) is 2. The molecule has 1 aromatic heterocycles. The molecule has 7 nitrogen and oxygen atoms in total. The molecule has 7 heteroatoms. The first-order chi connectivity index (χ1) is 9.13. The van der Waals surface area contributed by atoms with Crippen molar-refractivity contribution in [3.63, 3.8) is 0 Å². The lowest BCUT2D eigenvalue weighted by Crippen LogP contribution is -2.16. The van der Waals surface area contributed by atoms with Crippen molar-refractivity contribution in [2.75, 3.05) is 24.2 Å². The Morgan fingerprint density at radius 2 is 2.26 bits per heavy atom. The first-order valence-corrected chi connectivity index (χ1v) is 6.67. The number of nitrogens with one attached hydrogen (secondary N) is 1. The molecule has 1 aliphatic heterocycles. The zero-order chi connectivity index (χ0) is 13.7. The lowest BCUT2D eigenvalue weighted by molar-refractivity contribution is 0.107. The van der Waals surface area contributed by atoms with E-state index in [1.54, 1.807) is 0 Å². The molecule has 0 amide bonds. The molecule has 1 atom stereocenters. The van der Waals surface area contributed by atoms with E-state index in [4.69, 9.17) is 15.2 Å². The fourth-order valence-electron chi connectivity index (χ4n) is 1.93. The van der Waals surface area contributed by atoms with Gasteiger partial charge in [-0.3, -0.25) is 0 Å². The van der Waals surface area contributed by atoms with Gasteiger partial charge in [0.2, 0.25) is 11.9 Å². The Morgan fingerprint density at radius 1 is 1.42 bits per heavy atom. The van der Waals surface area contributed by atoms with Gasteiger partial charge in [0.05, 0.1) is 12.2 Å². The highest BCUT2D eigenvalue weighted by molar-refractivity contribution is 5.32. The molecule has 3 N–H and O–H groups in total. The van der Waals surface area contributed by atoms with Crippen LogP contribution in [-0.4, -0.2) is 40.3 Å². The van der Waals surface area contributed by atoms with E-state index in [1.807, 2.05) is 13.8 Å². The summed E-state index contributed by atoms with van der Waals surface area (Å²) in [5.74, 6) is 0.603. The summed E-state index contributed by atoms with van der Waals surface area (Å²) in [5, 5.41) is 3.12. The number of nitrogens with zero attached hydrogens (tertiary/aromatic N) is 3. The van der Waals surface area contributed by atoms with Crippen molar-refractivity contribution in [1.82, 2.24) is 15.0 Å². The number of ether oxygens (including phenoxy) is 2. The van der Waals surface area contributed by atoms with E-state index >= 15 is 0 Å². The molecule has 1 fully saturated rings. The summed E-state index contributed by atoms with van der Waals surface area (Å²) in [6.45, 7) is 5.43. The standard InChI is InChI=1S/C12H21N5O2/c1-8(2)19-12-16-10(13)15-11(17-12)14-6-5-9-4-3-7-18-9/h8-9H,3-7H2,1-2H3,(H3,13,14,15,16,17). The molecular weight excluding hydrogens is 246 g/mol. The normalized spacial score (nSPS) is 18.8. The molecule has 1 aromatic rings. The van der Waals surface area contributed by atoms with Crippen LogP contribution >= 0.6 is 0 Å². The van der Waals surface area contributed by atoms with Gasteiger partial charge in [-0.1, -0.05) is 0 Å². The van der Waals surface area contributed by atoms with Crippen LogP contribution in [0.15, 0.2) is 0 Å². The fraction of sp³-hybridized carbons (Fsp3) is 0.750. The molecule has 1 aliphatic rings. The zero-order valence-corrected chi connectivity index (χ0v) is 11.4. The summed E-state index contributed by atoms with van der Waals surface area (Å²) >= 11 is 0. The van der Waals surface area contributed by atoms with Gasteiger partial charge in [0.15, 0.2) is 0 Å². The van der Waals surface area contributed by atoms with Gasteiger partial charge in [-0.2, -0.15) is 15.0 Å². The van der Waals surface area contributed by atoms with E-state index in [0.717, 1.165) is 32.4 Å². The van der Waals surface area contributed by atoms with Crippen molar-refractivity contribution in [1.29, 1.82) is 0 Å². The zero-order valence-electron chi connectivity index (χ0n) is 11.4. The first kappa shape index (κ1) is 13.8. The molecule has 19 heavy (non-hydrogen) atoms. The van der Waals surface area contributed by atoms with Gasteiger partial charge >= 0.3 is 6.01 Å². The quantitative estimate of drug-likeness (QED) is 0.800. The van der Waals surface area contributed by atoms with Gasteiger partial charge in [-0.05, 0) is 33.1 Å². The Morgan fingerprint density at radius 3 is 2.95 bits per heavy atom. The second-order valence-electron chi connectivity index (χ2n) is 4.82. The van der Waals surface area contributed by atoms with Gasteiger partial charge in [0, 0.05) is 13.2 Å². The highest BCUT2D eigenvalue weighted by Crippen LogP contribution is 2.15. The number of anilines is 2. The fourth-order valence-corrected chi connectivity index (χ4v) is 1.93. The molecule has 2 heterocycles. The maximum atomic E-state index is 5.62. The van der Waals surface area contributed by atoms with Crippen LogP contribution < -0.4 is 15.8 Å². The molecule has 0 bridgehead atoms. The Bertz CT molecular complexity index is 407. The van der Waals surface area contributed by atoms with E-state index < -0.39 is 0 Å². The van der Waals surface area contributed by atoms with Crippen LogP contribution in [0.25, 0.3) is 0 Å². The van der Waals surface area contributed by atoms with Gasteiger partial charge in [-0.25, -0.2) is 0 Å². The van der Waals surface area contributed by atoms with Gasteiger partial charge in [0.1, 0.15) is 0 Å². The molecule has 0 radical (unpaired) electrons. The average molecular weight is 267 g/mol. The Balaban J connectivity index is 1.86. The van der Waals surface area contributed by atoms with Crippen molar-refractivity contribution in [2.45, 2.75) is 45.3 Å². The predicted octanol–water partition coefficient (Wildman–Crippen LogP) is 1.22. The third-order valence-corrected chi connectivity index (χ3v) is 2.75. The minimum absolute atomic E-state index is 0.00142. The summed E-state index contributed by atoms with van der Waals surface area (Å²) in [6.07, 6.45) is 3.56. The van der Waals surface area contributed by atoms with Crippen LogP contribution in [0.3, 0.4) is 0 Å². The van der Waals surface area contributed by atoms with E-state index in [0.29, 0.717) is 12.1 Å². The van der Waals surface area contributed by atoms with Crippen LogP contribution in [-0.2, 0) is 4.74 Å². The maximum absolute atomic E-state index is 5.62. The molecule has 0 aliphatic carbocycles. The third-order valence-electron chi connectivity index (χ3n) is 2.75. The molecule has 0 saturated carbocycles. The molecular formula is C12H21N5O2. The van der Waals surface area contributed by atoms with Crippen LogP contribution in [0.4, 0.5) is 11.9 Å². The summed E-state index contributed by atoms with van der Waals surface area (Å²) < 4.78 is 11.0. The molecule has 1 unspecified atom stereocenters. The third kappa shape index (κ3) is 4.51. The van der Waals surface area contributed by atoms with E-state index in [2.05, 4.69) is 20.3 Å². The van der Waals surface area contributed by atoms with E-state index in [-0.39, 0.29) is 18.1 Å².